The molecular formula is C8H7Ti-. The summed E-state index contributed by atoms with van der Waals surface area (Å²) in [5.41, 5.74) is 1.05. The zero-order valence-corrected chi connectivity index (χ0v) is 6.66. The van der Waals surface area contributed by atoms with Crippen LogP contribution >= 0.6 is 0 Å². The monoisotopic (exact) mass is 151 g/mol. The maximum absolute atomic E-state index is 3.60. The maximum atomic E-state index is 3.60. The Morgan fingerprint density at radius 1 is 1.44 bits per heavy atom. The van der Waals surface area contributed by atoms with Crippen LogP contribution in [-0.2, 0) is 21.7 Å². The van der Waals surface area contributed by atoms with E-state index in [-0.39, 0.29) is 21.7 Å². The summed E-state index contributed by atoms with van der Waals surface area (Å²) in [7, 11) is 0. The molecule has 1 heteroatoms. The van der Waals surface area contributed by atoms with Crippen LogP contribution in [0.15, 0.2) is 30.8 Å². The van der Waals surface area contributed by atoms with E-state index in [1.807, 2.05) is 24.3 Å². The molecule has 0 unspecified atom stereocenters. The predicted molar refractivity (Wildman–Crippen MR) is 35.4 cm³/mol. The minimum Gasteiger partial charge on any atom is -0.151 e. The maximum Gasteiger partial charge on any atom is 0 e. The van der Waals surface area contributed by atoms with Crippen molar-refractivity contribution >= 4 is 6.08 Å². The molecule has 0 amide bonds. The Balaban J connectivity index is 0.000000640. The topological polar surface area (TPSA) is 0 Å². The molecule has 0 atom stereocenters. The van der Waals surface area contributed by atoms with Gasteiger partial charge >= 0.3 is 0 Å². The fourth-order valence-electron chi connectivity index (χ4n) is 0.534. The first-order chi connectivity index (χ1) is 3.93. The summed E-state index contributed by atoms with van der Waals surface area (Å²) in [4.78, 5) is 0. The molecule has 0 radical (unpaired) electrons. The van der Waals surface area contributed by atoms with E-state index in [4.69, 9.17) is 0 Å². The molecule has 1 aromatic rings. The van der Waals surface area contributed by atoms with E-state index >= 15 is 0 Å². The number of hydrogen-bond donors (Lipinski definition) is 0. The Hall–Kier alpha value is -0.326. The van der Waals surface area contributed by atoms with Gasteiger partial charge in [-0.25, -0.2) is 0 Å². The Labute approximate surface area is 70.5 Å². The van der Waals surface area contributed by atoms with Crippen LogP contribution in [0.2, 0.25) is 0 Å². The SMILES string of the molecule is C=Cc1[c-]cccc1.[Ti]. The summed E-state index contributed by atoms with van der Waals surface area (Å²) in [6.45, 7) is 3.60. The van der Waals surface area contributed by atoms with Crippen LogP contribution in [0.3, 0.4) is 0 Å². The quantitative estimate of drug-likeness (QED) is 0.426. The number of benzene rings is 1. The van der Waals surface area contributed by atoms with Crippen molar-refractivity contribution in [2.24, 2.45) is 0 Å². The number of rotatable bonds is 1. The molecule has 0 aliphatic carbocycles. The Bertz CT molecular complexity index is 167. The molecule has 9 heavy (non-hydrogen) atoms. The average Bonchev–Trinajstić information content (AvgIpc) is 1.90. The van der Waals surface area contributed by atoms with Gasteiger partial charge in [0.25, 0.3) is 0 Å². The van der Waals surface area contributed by atoms with Crippen LogP contribution in [0, 0.1) is 6.07 Å². The molecule has 0 heterocycles. The van der Waals surface area contributed by atoms with Crippen molar-refractivity contribution in [1.82, 2.24) is 0 Å². The van der Waals surface area contributed by atoms with E-state index in [9.17, 15) is 0 Å². The second kappa shape index (κ2) is 4.54. The minimum atomic E-state index is 0. The van der Waals surface area contributed by atoms with Gasteiger partial charge in [-0.15, -0.1) is 43.0 Å². The second-order valence-corrected chi connectivity index (χ2v) is 1.52. The van der Waals surface area contributed by atoms with Crippen LogP contribution in [0.4, 0.5) is 0 Å². The molecule has 1 aromatic carbocycles. The Morgan fingerprint density at radius 2 is 2.22 bits per heavy atom. The van der Waals surface area contributed by atoms with Gasteiger partial charge in [0.1, 0.15) is 0 Å². The van der Waals surface area contributed by atoms with Gasteiger partial charge in [0.05, 0.1) is 0 Å². The van der Waals surface area contributed by atoms with Gasteiger partial charge in [-0.2, -0.15) is 5.56 Å². The van der Waals surface area contributed by atoms with E-state index in [1.54, 1.807) is 6.08 Å². The molecule has 0 bridgehead atoms. The standard InChI is InChI=1S/C8H7.Ti/c1-2-8-6-4-3-5-7-8;/h2-6H,1H2;/q-1;. The van der Waals surface area contributed by atoms with Crippen LogP contribution in [-0.4, -0.2) is 0 Å². The third-order valence-corrected chi connectivity index (χ3v) is 0.953. The normalized spacial score (nSPS) is 7.56. The fourth-order valence-corrected chi connectivity index (χ4v) is 0.534. The third-order valence-electron chi connectivity index (χ3n) is 0.953. The molecule has 0 N–H and O–H groups in total. The van der Waals surface area contributed by atoms with E-state index in [0.717, 1.165) is 5.56 Å². The van der Waals surface area contributed by atoms with E-state index in [2.05, 4.69) is 12.6 Å². The molecular weight excluding hydrogens is 144 g/mol. The van der Waals surface area contributed by atoms with Crippen molar-refractivity contribution in [1.29, 1.82) is 0 Å². The van der Waals surface area contributed by atoms with E-state index in [1.165, 1.54) is 0 Å². The largest absolute Gasteiger partial charge is 0.151 e. The van der Waals surface area contributed by atoms with Crippen LogP contribution in [0.1, 0.15) is 5.56 Å². The molecule has 0 aliphatic rings. The molecule has 0 aromatic heterocycles. The van der Waals surface area contributed by atoms with E-state index in [0.29, 0.717) is 0 Å². The molecule has 1 rings (SSSR count). The first-order valence-corrected chi connectivity index (χ1v) is 2.52. The average molecular weight is 151 g/mol. The van der Waals surface area contributed by atoms with Gasteiger partial charge in [-0.3, -0.25) is 0 Å². The van der Waals surface area contributed by atoms with Crippen molar-refractivity contribution < 1.29 is 21.7 Å². The summed E-state index contributed by atoms with van der Waals surface area (Å²) in [5, 5.41) is 0. The van der Waals surface area contributed by atoms with Crippen molar-refractivity contribution in [3.8, 4) is 0 Å². The molecule has 44 valence electrons. The van der Waals surface area contributed by atoms with Gasteiger partial charge in [-0.1, -0.05) is 0 Å². The van der Waals surface area contributed by atoms with Crippen LogP contribution in [0.5, 0.6) is 0 Å². The van der Waals surface area contributed by atoms with Crippen LogP contribution < -0.4 is 0 Å². The molecule has 0 aliphatic heterocycles. The Morgan fingerprint density at radius 3 is 2.56 bits per heavy atom. The number of hydrogen-bond acceptors (Lipinski definition) is 0. The first kappa shape index (κ1) is 8.67. The molecule has 0 nitrogen and oxygen atoms in total. The fraction of sp³-hybridized carbons (Fsp3) is 0. The molecule has 0 fully saturated rings. The molecule has 0 spiro atoms. The van der Waals surface area contributed by atoms with Gasteiger partial charge in [0, 0.05) is 21.7 Å². The summed E-state index contributed by atoms with van der Waals surface area (Å²) >= 11 is 0. The summed E-state index contributed by atoms with van der Waals surface area (Å²) in [6, 6.07) is 10.7. The summed E-state index contributed by atoms with van der Waals surface area (Å²) in [6.07, 6.45) is 1.78. The minimum absolute atomic E-state index is 0. The summed E-state index contributed by atoms with van der Waals surface area (Å²) in [5.74, 6) is 0. The third kappa shape index (κ3) is 2.64. The molecule has 0 saturated carbocycles. The van der Waals surface area contributed by atoms with Gasteiger partial charge in [0.15, 0.2) is 0 Å². The second-order valence-electron chi connectivity index (χ2n) is 1.52. The van der Waals surface area contributed by atoms with Crippen molar-refractivity contribution in [2.45, 2.75) is 0 Å². The predicted octanol–water partition coefficient (Wildman–Crippen LogP) is 2.13. The van der Waals surface area contributed by atoms with Crippen molar-refractivity contribution in [3.63, 3.8) is 0 Å². The smallest absolute Gasteiger partial charge is 0 e. The zero-order chi connectivity index (χ0) is 5.82. The van der Waals surface area contributed by atoms with E-state index < -0.39 is 0 Å². The first-order valence-electron chi connectivity index (χ1n) is 2.52. The van der Waals surface area contributed by atoms with Gasteiger partial charge in [-0.05, 0) is 0 Å². The van der Waals surface area contributed by atoms with Crippen molar-refractivity contribution in [2.75, 3.05) is 0 Å². The molecule has 0 saturated heterocycles. The zero-order valence-electron chi connectivity index (χ0n) is 5.09. The van der Waals surface area contributed by atoms with Crippen LogP contribution in [0.25, 0.3) is 6.08 Å². The van der Waals surface area contributed by atoms with Crippen molar-refractivity contribution in [3.05, 3.63) is 42.5 Å². The van der Waals surface area contributed by atoms with Gasteiger partial charge in [0.2, 0.25) is 0 Å². The Kier molecular flexibility index (Phi) is 4.38. The summed E-state index contributed by atoms with van der Waals surface area (Å²) < 4.78 is 0. The van der Waals surface area contributed by atoms with Gasteiger partial charge < -0.3 is 0 Å².